The lowest BCUT2D eigenvalue weighted by atomic mass is 10.1. The number of rotatable bonds is 8. The summed E-state index contributed by atoms with van der Waals surface area (Å²) in [7, 11) is 0. The highest BCUT2D eigenvalue weighted by Crippen LogP contribution is 2.32. The molecule has 2 unspecified atom stereocenters. The Morgan fingerprint density at radius 1 is 1.16 bits per heavy atom. The average molecular weight is 422 g/mol. The number of morpholine rings is 1. The highest BCUT2D eigenvalue weighted by Gasteiger charge is 2.30. The van der Waals surface area contributed by atoms with E-state index in [9.17, 15) is 4.79 Å². The van der Waals surface area contributed by atoms with Gasteiger partial charge in [0.1, 0.15) is 0 Å². The Bertz CT molecular complexity index is 853. The second-order valence-corrected chi connectivity index (χ2v) is 9.08. The van der Waals surface area contributed by atoms with Gasteiger partial charge in [-0.15, -0.1) is 0 Å². The van der Waals surface area contributed by atoms with Crippen molar-refractivity contribution in [2.24, 2.45) is 5.92 Å². The molecule has 31 heavy (non-hydrogen) atoms. The number of carbonyl (C=O) groups excluding carboxylic acids is 1. The Labute approximate surface area is 186 Å². The maximum Gasteiger partial charge on any atom is 0.318 e. The third kappa shape index (κ3) is 6.31. The number of nitrogens with one attached hydrogen (secondary N) is 1. The highest BCUT2D eigenvalue weighted by atomic mass is 16.5. The lowest BCUT2D eigenvalue weighted by molar-refractivity contribution is -0.0212. The summed E-state index contributed by atoms with van der Waals surface area (Å²) in [6.07, 6.45) is 2.75. The molecule has 1 heterocycles. The SMILES string of the molecule is CC1CN(Cc2cccc(CNC(=O)N(CC3CC3)C(C)c3ccccc3)c2)CCO1. The van der Waals surface area contributed by atoms with Crippen LogP contribution in [0.25, 0.3) is 0 Å². The lowest BCUT2D eigenvalue weighted by Gasteiger charge is -2.31. The molecule has 166 valence electrons. The maximum atomic E-state index is 13.1. The number of urea groups is 1. The van der Waals surface area contributed by atoms with Crippen molar-refractivity contribution >= 4 is 6.03 Å². The van der Waals surface area contributed by atoms with Crippen LogP contribution in [0.4, 0.5) is 4.79 Å². The van der Waals surface area contributed by atoms with E-state index in [1.807, 2.05) is 23.1 Å². The van der Waals surface area contributed by atoms with Crippen LogP contribution in [-0.2, 0) is 17.8 Å². The van der Waals surface area contributed by atoms with Crippen LogP contribution in [0.1, 0.15) is 49.4 Å². The van der Waals surface area contributed by atoms with E-state index in [1.54, 1.807) is 0 Å². The fourth-order valence-electron chi connectivity index (χ4n) is 4.32. The number of hydrogen-bond acceptors (Lipinski definition) is 3. The second kappa shape index (κ2) is 10.3. The monoisotopic (exact) mass is 421 g/mol. The van der Waals surface area contributed by atoms with Crippen molar-refractivity contribution in [3.05, 3.63) is 71.3 Å². The molecule has 2 aromatic rings. The molecule has 2 amide bonds. The van der Waals surface area contributed by atoms with Crippen molar-refractivity contribution in [3.8, 4) is 0 Å². The summed E-state index contributed by atoms with van der Waals surface area (Å²) in [5.74, 6) is 0.649. The van der Waals surface area contributed by atoms with Crippen LogP contribution in [0, 0.1) is 5.92 Å². The van der Waals surface area contributed by atoms with Crippen molar-refractivity contribution in [3.63, 3.8) is 0 Å². The summed E-state index contributed by atoms with van der Waals surface area (Å²) in [5, 5.41) is 3.17. The first kappa shape index (κ1) is 21.8. The van der Waals surface area contributed by atoms with E-state index in [2.05, 4.69) is 60.5 Å². The van der Waals surface area contributed by atoms with Crippen LogP contribution in [0.3, 0.4) is 0 Å². The van der Waals surface area contributed by atoms with Crippen LogP contribution < -0.4 is 5.32 Å². The van der Waals surface area contributed by atoms with Gasteiger partial charge < -0.3 is 15.0 Å². The molecule has 1 aliphatic carbocycles. The molecule has 2 aliphatic rings. The lowest BCUT2D eigenvalue weighted by Crippen LogP contribution is -2.42. The van der Waals surface area contributed by atoms with Gasteiger partial charge in [-0.3, -0.25) is 4.90 Å². The molecule has 1 saturated heterocycles. The Morgan fingerprint density at radius 3 is 2.68 bits per heavy atom. The summed E-state index contributed by atoms with van der Waals surface area (Å²) in [5.41, 5.74) is 3.61. The Hall–Kier alpha value is -2.37. The van der Waals surface area contributed by atoms with E-state index in [4.69, 9.17) is 4.74 Å². The first-order valence-corrected chi connectivity index (χ1v) is 11.6. The minimum absolute atomic E-state index is 0.0238. The van der Waals surface area contributed by atoms with Gasteiger partial charge in [0.05, 0.1) is 18.8 Å². The maximum absolute atomic E-state index is 13.1. The van der Waals surface area contributed by atoms with Gasteiger partial charge in [0, 0.05) is 32.7 Å². The molecule has 0 spiro atoms. The fraction of sp³-hybridized carbons (Fsp3) is 0.500. The van der Waals surface area contributed by atoms with Crippen LogP contribution in [0.5, 0.6) is 0 Å². The first-order valence-electron chi connectivity index (χ1n) is 11.6. The molecule has 1 aliphatic heterocycles. The summed E-state index contributed by atoms with van der Waals surface area (Å²) in [6, 6.07) is 19.0. The Balaban J connectivity index is 1.36. The predicted octanol–water partition coefficient (Wildman–Crippen LogP) is 4.59. The number of hydrogen-bond donors (Lipinski definition) is 1. The normalized spacial score (nSPS) is 20.3. The van der Waals surface area contributed by atoms with E-state index in [0.29, 0.717) is 18.6 Å². The van der Waals surface area contributed by atoms with Crippen LogP contribution >= 0.6 is 0 Å². The van der Waals surface area contributed by atoms with Gasteiger partial charge in [0.15, 0.2) is 0 Å². The quantitative estimate of drug-likeness (QED) is 0.678. The van der Waals surface area contributed by atoms with Crippen LogP contribution in [-0.4, -0.2) is 48.2 Å². The number of benzene rings is 2. The third-order valence-electron chi connectivity index (χ3n) is 6.33. The zero-order valence-electron chi connectivity index (χ0n) is 18.8. The molecular formula is C26H35N3O2. The molecule has 2 fully saturated rings. The second-order valence-electron chi connectivity index (χ2n) is 9.08. The molecule has 0 radical (unpaired) electrons. The highest BCUT2D eigenvalue weighted by molar-refractivity contribution is 5.74. The van der Waals surface area contributed by atoms with Gasteiger partial charge in [-0.1, -0.05) is 54.6 Å². The number of carbonyl (C=O) groups is 1. The molecular weight excluding hydrogens is 386 g/mol. The van der Waals surface area contributed by atoms with Gasteiger partial charge in [0.25, 0.3) is 0 Å². The standard InChI is InChI=1S/C26H35N3O2/c1-20-17-28(13-14-31-20)18-24-8-6-7-23(15-24)16-27-26(30)29(19-22-11-12-22)21(2)25-9-4-3-5-10-25/h3-10,15,20-22H,11-14,16-19H2,1-2H3,(H,27,30). The first-order chi connectivity index (χ1) is 15.1. The number of ether oxygens (including phenoxy) is 1. The fourth-order valence-corrected chi connectivity index (χ4v) is 4.32. The molecule has 0 aromatic heterocycles. The van der Waals surface area contributed by atoms with E-state index in [1.165, 1.54) is 24.0 Å². The van der Waals surface area contributed by atoms with Crippen molar-refractivity contribution in [1.82, 2.24) is 15.1 Å². The van der Waals surface area contributed by atoms with E-state index in [-0.39, 0.29) is 12.1 Å². The zero-order chi connectivity index (χ0) is 21.6. The summed E-state index contributed by atoms with van der Waals surface area (Å²) >= 11 is 0. The number of nitrogens with zero attached hydrogens (tertiary/aromatic N) is 2. The van der Waals surface area contributed by atoms with Gasteiger partial charge >= 0.3 is 6.03 Å². The molecule has 5 heteroatoms. The molecule has 2 aromatic carbocycles. The summed E-state index contributed by atoms with van der Waals surface area (Å²) < 4.78 is 5.65. The summed E-state index contributed by atoms with van der Waals surface area (Å²) in [6.45, 7) is 9.30. The predicted molar refractivity (Wildman–Crippen MR) is 124 cm³/mol. The van der Waals surface area contributed by atoms with E-state index >= 15 is 0 Å². The topological polar surface area (TPSA) is 44.8 Å². The Morgan fingerprint density at radius 2 is 1.94 bits per heavy atom. The van der Waals surface area contributed by atoms with Gasteiger partial charge in [-0.2, -0.15) is 0 Å². The minimum atomic E-state index is 0.0238. The molecule has 1 saturated carbocycles. The molecule has 5 nitrogen and oxygen atoms in total. The average Bonchev–Trinajstić information content (AvgIpc) is 3.61. The Kier molecular flexibility index (Phi) is 7.25. The van der Waals surface area contributed by atoms with E-state index in [0.717, 1.165) is 38.3 Å². The molecule has 1 N–H and O–H groups in total. The van der Waals surface area contributed by atoms with Gasteiger partial charge in [-0.25, -0.2) is 4.79 Å². The van der Waals surface area contributed by atoms with Gasteiger partial charge in [-0.05, 0) is 49.3 Å². The number of amides is 2. The van der Waals surface area contributed by atoms with Crippen molar-refractivity contribution in [2.45, 2.75) is 51.9 Å². The van der Waals surface area contributed by atoms with Crippen LogP contribution in [0.2, 0.25) is 0 Å². The molecule has 0 bridgehead atoms. The zero-order valence-corrected chi connectivity index (χ0v) is 18.8. The van der Waals surface area contributed by atoms with Gasteiger partial charge in [0.2, 0.25) is 0 Å². The third-order valence-corrected chi connectivity index (χ3v) is 6.33. The van der Waals surface area contributed by atoms with E-state index < -0.39 is 0 Å². The van der Waals surface area contributed by atoms with Crippen molar-refractivity contribution < 1.29 is 9.53 Å². The molecule has 4 rings (SSSR count). The molecule has 2 atom stereocenters. The minimum Gasteiger partial charge on any atom is -0.376 e. The summed E-state index contributed by atoms with van der Waals surface area (Å²) in [4.78, 5) is 17.6. The van der Waals surface area contributed by atoms with Crippen molar-refractivity contribution in [2.75, 3.05) is 26.2 Å². The van der Waals surface area contributed by atoms with Crippen molar-refractivity contribution in [1.29, 1.82) is 0 Å². The van der Waals surface area contributed by atoms with Crippen LogP contribution in [0.15, 0.2) is 54.6 Å². The largest absolute Gasteiger partial charge is 0.376 e. The smallest absolute Gasteiger partial charge is 0.318 e.